The normalized spacial score (nSPS) is 20.5. The molecule has 23 heteroatoms. The molecule has 8 aromatic rings. The van der Waals surface area contributed by atoms with E-state index in [2.05, 4.69) is 41.0 Å². The lowest BCUT2D eigenvalue weighted by atomic mass is 9.93. The van der Waals surface area contributed by atoms with E-state index in [4.69, 9.17) is 40.5 Å². The van der Waals surface area contributed by atoms with Gasteiger partial charge in [0, 0.05) is 60.8 Å². The standard InChI is InChI=1S/C57H60ClFN12O8S/c1-27(2)50(56(75)69-20-36(73)16-43(69)55(74)63-42(22-72)33-11-13-34(14-12-33)53-30(5)61-26-80-53)70-21-41(67-68-70)32-9-7-31(8-10-32)24-77-52-46(45-29(4)38(59)17-39-37(45)19-62-66-39)48(58)51-47-49(52)64-57(79-28(3)23-76-6)65-54(47)71-35-15-40(60-18-35)44(71)25-78-51/h7-14,17,19,21,26-28,35-36,40,42-44,50,60,72-73H,15-16,18,20,22-25H2,1-6H3,(H,62,66)(H,63,74)/t28-,35-,36+,40-,42-,43-,44+,50-/m0/s1. The van der Waals surface area contributed by atoms with Crippen molar-refractivity contribution in [3.63, 3.8) is 0 Å². The number of thiazole rings is 1. The number of carbonyl (C=O) groups is 2. The van der Waals surface area contributed by atoms with Crippen LogP contribution in [0.3, 0.4) is 0 Å². The number of aliphatic hydroxyl groups is 2. The number of halogens is 2. The molecule has 416 valence electrons. The van der Waals surface area contributed by atoms with E-state index in [0.29, 0.717) is 73.5 Å². The van der Waals surface area contributed by atoms with Crippen LogP contribution in [0.15, 0.2) is 72.5 Å². The van der Waals surface area contributed by atoms with Gasteiger partial charge >= 0.3 is 6.01 Å². The molecule has 12 rings (SSSR count). The number of β-amino-alcohol motifs (C(OH)–C–C–N with tert-alkyl or cyclic N) is 1. The van der Waals surface area contributed by atoms with E-state index in [1.807, 2.05) is 76.2 Å². The van der Waals surface area contributed by atoms with E-state index in [1.54, 1.807) is 31.9 Å². The summed E-state index contributed by atoms with van der Waals surface area (Å²) in [5, 5.41) is 45.4. The van der Waals surface area contributed by atoms with Crippen LogP contribution in [0.25, 0.3) is 54.6 Å². The van der Waals surface area contributed by atoms with Crippen LogP contribution in [-0.2, 0) is 20.9 Å². The third-order valence-corrected chi connectivity index (χ3v) is 17.2. The van der Waals surface area contributed by atoms with Crippen LogP contribution in [0.1, 0.15) is 68.1 Å². The Labute approximate surface area is 468 Å². The molecule has 8 heterocycles. The second kappa shape index (κ2) is 21.6. The van der Waals surface area contributed by atoms with E-state index in [9.17, 15) is 19.8 Å². The number of aliphatic hydroxyl groups excluding tert-OH is 2. The number of hydrogen-bond donors (Lipinski definition) is 5. The number of likely N-dealkylation sites (tertiary alicyclic amines) is 1. The topological polar surface area (TPSA) is 240 Å². The van der Waals surface area contributed by atoms with Gasteiger partial charge in [-0.25, -0.2) is 14.1 Å². The van der Waals surface area contributed by atoms with Crippen LogP contribution in [0.4, 0.5) is 10.2 Å². The Hall–Kier alpha value is -7.34. The fourth-order valence-electron chi connectivity index (χ4n) is 11.9. The number of aromatic nitrogens is 8. The number of H-pyrrole nitrogens is 1. The molecule has 0 unspecified atom stereocenters. The number of methoxy groups -OCH3 is 1. The van der Waals surface area contributed by atoms with Crippen LogP contribution in [0.5, 0.6) is 17.5 Å². The molecule has 0 saturated carbocycles. The van der Waals surface area contributed by atoms with Gasteiger partial charge in [-0.2, -0.15) is 15.1 Å². The average molecular weight is 1130 g/mol. The van der Waals surface area contributed by atoms with Gasteiger partial charge in [-0.05, 0) is 61.4 Å². The number of nitrogens with one attached hydrogen (secondary N) is 3. The molecule has 4 aliphatic rings. The number of aromatic amines is 1. The minimum Gasteiger partial charge on any atom is -0.489 e. The van der Waals surface area contributed by atoms with E-state index in [0.717, 1.165) is 34.7 Å². The molecule has 3 fully saturated rings. The summed E-state index contributed by atoms with van der Waals surface area (Å²) >= 11 is 9.13. The largest absolute Gasteiger partial charge is 0.489 e. The molecule has 2 amide bonds. The summed E-state index contributed by atoms with van der Waals surface area (Å²) < 4.78 is 43.0. The van der Waals surface area contributed by atoms with Crippen molar-refractivity contribution in [1.29, 1.82) is 0 Å². The number of anilines is 1. The third-order valence-electron chi connectivity index (χ3n) is 15.9. The number of benzene rings is 4. The molecular weight excluding hydrogens is 1070 g/mol. The Kier molecular flexibility index (Phi) is 14.4. The van der Waals surface area contributed by atoms with Gasteiger partial charge in [-0.1, -0.05) is 79.2 Å². The molecule has 4 aromatic carbocycles. The smallest absolute Gasteiger partial charge is 0.319 e. The lowest BCUT2D eigenvalue weighted by Crippen LogP contribution is -2.53. The molecule has 8 atom stereocenters. The van der Waals surface area contributed by atoms with Gasteiger partial charge in [0.25, 0.3) is 0 Å². The number of ether oxygens (including phenoxy) is 4. The maximum absolute atomic E-state index is 16.0. The summed E-state index contributed by atoms with van der Waals surface area (Å²) in [6.45, 7) is 10.2. The van der Waals surface area contributed by atoms with Gasteiger partial charge in [-0.3, -0.25) is 14.7 Å². The molecule has 20 nitrogen and oxygen atoms in total. The minimum absolute atomic E-state index is 0.0178. The number of fused-ring (bicyclic) bond motifs is 7. The van der Waals surface area contributed by atoms with Crippen molar-refractivity contribution in [2.45, 2.75) is 103 Å². The van der Waals surface area contributed by atoms with Gasteiger partial charge < -0.3 is 49.6 Å². The highest BCUT2D eigenvalue weighted by Gasteiger charge is 2.50. The maximum atomic E-state index is 16.0. The highest BCUT2D eigenvalue weighted by Crippen LogP contribution is 2.55. The van der Waals surface area contributed by atoms with Crippen molar-refractivity contribution in [2.24, 2.45) is 5.92 Å². The molecule has 80 heavy (non-hydrogen) atoms. The van der Waals surface area contributed by atoms with Crippen molar-refractivity contribution < 1.29 is 43.1 Å². The fraction of sp³-hybridized carbons (Fsp3) is 0.404. The van der Waals surface area contributed by atoms with Crippen molar-refractivity contribution in [2.75, 3.05) is 44.9 Å². The summed E-state index contributed by atoms with van der Waals surface area (Å²) in [5.41, 5.74) is 8.32. The number of aryl methyl sites for hydroxylation is 1. The third kappa shape index (κ3) is 9.53. The molecule has 0 radical (unpaired) electrons. The molecule has 0 aliphatic carbocycles. The number of nitrogens with zero attached hydrogens (tertiary/aromatic N) is 9. The highest BCUT2D eigenvalue weighted by molar-refractivity contribution is 7.13. The number of rotatable bonds is 17. The van der Waals surface area contributed by atoms with Gasteiger partial charge in [0.2, 0.25) is 11.8 Å². The summed E-state index contributed by atoms with van der Waals surface area (Å²) in [6.07, 6.45) is 2.92. The molecule has 4 aliphatic heterocycles. The van der Waals surface area contributed by atoms with Crippen LogP contribution in [0.2, 0.25) is 5.02 Å². The second-order valence-electron chi connectivity index (χ2n) is 21.5. The first-order valence-electron chi connectivity index (χ1n) is 26.7. The van der Waals surface area contributed by atoms with E-state index in [1.165, 1.54) is 27.0 Å². The minimum atomic E-state index is -0.994. The van der Waals surface area contributed by atoms with Crippen LogP contribution in [0, 0.1) is 25.6 Å². The zero-order valence-electron chi connectivity index (χ0n) is 44.8. The summed E-state index contributed by atoms with van der Waals surface area (Å²) in [6, 6.07) is 14.2. The molecular formula is C57H60ClFN12O8S. The van der Waals surface area contributed by atoms with Gasteiger partial charge in [0.1, 0.15) is 54.2 Å². The predicted octanol–water partition coefficient (Wildman–Crippen LogP) is 7.28. The van der Waals surface area contributed by atoms with Crippen molar-refractivity contribution in [3.8, 4) is 50.3 Å². The second-order valence-corrected chi connectivity index (χ2v) is 22.7. The Morgan fingerprint density at radius 1 is 1.05 bits per heavy atom. The van der Waals surface area contributed by atoms with Crippen molar-refractivity contribution >= 4 is 62.4 Å². The Morgan fingerprint density at radius 3 is 2.58 bits per heavy atom. The number of piperazine rings is 1. The molecule has 5 N–H and O–H groups in total. The maximum Gasteiger partial charge on any atom is 0.319 e. The van der Waals surface area contributed by atoms with Crippen LogP contribution < -0.4 is 29.7 Å². The first kappa shape index (κ1) is 53.3. The Balaban J connectivity index is 0.827. The Morgan fingerprint density at radius 2 is 1.84 bits per heavy atom. The lowest BCUT2D eigenvalue weighted by Gasteiger charge is -2.35. The summed E-state index contributed by atoms with van der Waals surface area (Å²) in [5.74, 6) is -0.409. The monoisotopic (exact) mass is 1130 g/mol. The molecule has 4 aromatic heterocycles. The summed E-state index contributed by atoms with van der Waals surface area (Å²) in [7, 11) is 1.60. The first-order chi connectivity index (χ1) is 38.7. The van der Waals surface area contributed by atoms with Crippen LogP contribution in [-0.4, -0.2) is 143 Å². The van der Waals surface area contributed by atoms with Crippen molar-refractivity contribution in [3.05, 3.63) is 106 Å². The quantitative estimate of drug-likeness (QED) is 0.0602. The zero-order valence-corrected chi connectivity index (χ0v) is 46.4. The zero-order chi connectivity index (χ0) is 55.7. The highest BCUT2D eigenvalue weighted by atomic mass is 35.5. The predicted molar refractivity (Wildman–Crippen MR) is 298 cm³/mol. The van der Waals surface area contributed by atoms with E-state index >= 15 is 4.39 Å². The molecule has 2 bridgehead atoms. The van der Waals surface area contributed by atoms with Gasteiger partial charge in [0.15, 0.2) is 11.5 Å². The lowest BCUT2D eigenvalue weighted by molar-refractivity contribution is -0.142. The number of hydrogen-bond acceptors (Lipinski definition) is 17. The first-order valence-corrected chi connectivity index (χ1v) is 28.0. The fourth-order valence-corrected chi connectivity index (χ4v) is 13.1. The summed E-state index contributed by atoms with van der Waals surface area (Å²) in [4.78, 5) is 47.8. The number of amides is 2. The SMILES string of the molecule is COC[C@H](C)Oc1nc2c3c(c(Cl)c(-c4c(C)c(F)cc5[nH]ncc45)c(OCc4ccc(-c5cn([C@H](C(=O)N6C[C@H](O)C[C@H]6C(=O)N[C@@H](CO)c6ccc(-c7scnc7C)cc6)C(C)C)nn5)cc4)c3n1)OC[C@@H]1[C@@H]3C[C@@H](CN3)N21. The van der Waals surface area contributed by atoms with Crippen LogP contribution >= 0.6 is 22.9 Å². The number of carbonyl (C=O) groups excluding carboxylic acids is 2. The van der Waals surface area contributed by atoms with Crippen molar-refractivity contribution in [1.82, 2.24) is 55.7 Å². The molecule has 0 spiro atoms. The van der Waals surface area contributed by atoms with Gasteiger partial charge in [-0.15, -0.1) is 16.4 Å². The molecule has 3 saturated heterocycles. The van der Waals surface area contributed by atoms with Gasteiger partial charge in [0.05, 0.1) is 75.8 Å². The van der Waals surface area contributed by atoms with E-state index < -0.39 is 48.0 Å². The Bertz CT molecular complexity index is 3650. The average Bonchev–Trinajstić information content (AvgIpc) is 4.49. The van der Waals surface area contributed by atoms with E-state index in [-0.39, 0.29) is 73.6 Å².